The third-order valence-corrected chi connectivity index (χ3v) is 2.21. The largest absolute Gasteiger partial charge is 0.325 e. The van der Waals surface area contributed by atoms with E-state index in [4.69, 9.17) is 5.73 Å². The molecule has 0 aliphatic heterocycles. The van der Waals surface area contributed by atoms with Crippen LogP contribution in [0.2, 0.25) is 0 Å². The van der Waals surface area contributed by atoms with Crippen molar-refractivity contribution in [2.24, 2.45) is 5.73 Å². The second-order valence-electron chi connectivity index (χ2n) is 3.51. The standard InChI is InChI=1S/C11H14N4/c1-9-3-5-15(14-9)8-10-2-4-13-11(6-10)7-12/h2-6H,7-8,12H2,1H3. The molecule has 0 radical (unpaired) electrons. The van der Waals surface area contributed by atoms with E-state index in [1.54, 1.807) is 6.20 Å². The fourth-order valence-electron chi connectivity index (χ4n) is 1.48. The lowest BCUT2D eigenvalue weighted by molar-refractivity contribution is 0.677. The predicted octanol–water partition coefficient (Wildman–Crippen LogP) is 1.09. The molecule has 2 N–H and O–H groups in total. The van der Waals surface area contributed by atoms with Gasteiger partial charge in [0, 0.05) is 18.9 Å². The van der Waals surface area contributed by atoms with Gasteiger partial charge >= 0.3 is 0 Å². The highest BCUT2D eigenvalue weighted by atomic mass is 15.3. The minimum atomic E-state index is 0.478. The molecule has 0 saturated heterocycles. The minimum Gasteiger partial charge on any atom is -0.325 e. The van der Waals surface area contributed by atoms with E-state index in [1.807, 2.05) is 36.0 Å². The quantitative estimate of drug-likeness (QED) is 0.810. The molecule has 15 heavy (non-hydrogen) atoms. The molecule has 4 heteroatoms. The van der Waals surface area contributed by atoms with Gasteiger partial charge in [-0.3, -0.25) is 9.67 Å². The summed E-state index contributed by atoms with van der Waals surface area (Å²) in [6, 6.07) is 5.98. The van der Waals surface area contributed by atoms with Gasteiger partial charge in [0.05, 0.1) is 17.9 Å². The number of aryl methyl sites for hydroxylation is 1. The number of rotatable bonds is 3. The molecule has 0 aromatic carbocycles. The average Bonchev–Trinajstić information content (AvgIpc) is 2.64. The summed E-state index contributed by atoms with van der Waals surface area (Å²) in [6.45, 7) is 3.23. The maximum absolute atomic E-state index is 5.53. The third-order valence-electron chi connectivity index (χ3n) is 2.21. The third kappa shape index (κ3) is 2.41. The highest BCUT2D eigenvalue weighted by Gasteiger charge is 1.98. The lowest BCUT2D eigenvalue weighted by atomic mass is 10.2. The first-order valence-electron chi connectivity index (χ1n) is 4.92. The monoisotopic (exact) mass is 202 g/mol. The molecule has 78 valence electrons. The van der Waals surface area contributed by atoms with Crippen LogP contribution in [0.3, 0.4) is 0 Å². The maximum Gasteiger partial charge on any atom is 0.0660 e. The van der Waals surface area contributed by atoms with Gasteiger partial charge in [-0.25, -0.2) is 0 Å². The number of pyridine rings is 1. The second-order valence-corrected chi connectivity index (χ2v) is 3.51. The molecule has 0 aliphatic carbocycles. The molecule has 0 atom stereocenters. The van der Waals surface area contributed by atoms with Crippen LogP contribution in [0.4, 0.5) is 0 Å². The van der Waals surface area contributed by atoms with Crippen molar-refractivity contribution in [3.63, 3.8) is 0 Å². The van der Waals surface area contributed by atoms with Gasteiger partial charge in [0.15, 0.2) is 0 Å². The average molecular weight is 202 g/mol. The first kappa shape index (κ1) is 9.86. The van der Waals surface area contributed by atoms with Gasteiger partial charge in [-0.1, -0.05) is 0 Å². The van der Waals surface area contributed by atoms with Crippen LogP contribution in [0.1, 0.15) is 17.0 Å². The Hall–Kier alpha value is -1.68. The van der Waals surface area contributed by atoms with Gasteiger partial charge < -0.3 is 5.73 Å². The van der Waals surface area contributed by atoms with E-state index in [0.717, 1.165) is 17.9 Å². The van der Waals surface area contributed by atoms with E-state index in [0.29, 0.717) is 6.54 Å². The zero-order chi connectivity index (χ0) is 10.7. The first-order chi connectivity index (χ1) is 7.28. The normalized spacial score (nSPS) is 10.5. The molecule has 0 saturated carbocycles. The molecule has 4 nitrogen and oxygen atoms in total. The zero-order valence-corrected chi connectivity index (χ0v) is 8.72. The van der Waals surface area contributed by atoms with Crippen LogP contribution < -0.4 is 5.73 Å². The summed E-state index contributed by atoms with van der Waals surface area (Å²) in [4.78, 5) is 4.15. The number of nitrogens with two attached hydrogens (primary N) is 1. The predicted molar refractivity (Wildman–Crippen MR) is 58.2 cm³/mol. The number of hydrogen-bond donors (Lipinski definition) is 1. The molecule has 0 bridgehead atoms. The summed E-state index contributed by atoms with van der Waals surface area (Å²) in [7, 11) is 0. The van der Waals surface area contributed by atoms with Gasteiger partial charge in [0.1, 0.15) is 0 Å². The fourth-order valence-corrected chi connectivity index (χ4v) is 1.48. The van der Waals surface area contributed by atoms with Crippen LogP contribution in [0, 0.1) is 6.92 Å². The molecule has 0 unspecified atom stereocenters. The Labute approximate surface area is 88.8 Å². The lowest BCUT2D eigenvalue weighted by Crippen LogP contribution is -2.04. The molecule has 2 aromatic heterocycles. The van der Waals surface area contributed by atoms with E-state index in [1.165, 1.54) is 5.56 Å². The molecule has 2 rings (SSSR count). The Bertz CT molecular complexity index is 447. The van der Waals surface area contributed by atoms with Crippen molar-refractivity contribution in [2.45, 2.75) is 20.0 Å². The van der Waals surface area contributed by atoms with Gasteiger partial charge in [-0.2, -0.15) is 5.10 Å². The van der Waals surface area contributed by atoms with Crippen molar-refractivity contribution < 1.29 is 0 Å². The van der Waals surface area contributed by atoms with Crippen LogP contribution in [0.15, 0.2) is 30.6 Å². The SMILES string of the molecule is Cc1ccn(Cc2ccnc(CN)c2)n1. The van der Waals surface area contributed by atoms with E-state index >= 15 is 0 Å². The van der Waals surface area contributed by atoms with Crippen molar-refractivity contribution in [1.29, 1.82) is 0 Å². The van der Waals surface area contributed by atoms with Crippen molar-refractivity contribution in [3.8, 4) is 0 Å². The molecular weight excluding hydrogens is 188 g/mol. The molecule has 0 fully saturated rings. The molecule has 2 heterocycles. The summed E-state index contributed by atoms with van der Waals surface area (Å²) in [5.74, 6) is 0. The molecule has 0 spiro atoms. The highest BCUT2D eigenvalue weighted by Crippen LogP contribution is 2.04. The van der Waals surface area contributed by atoms with Crippen molar-refractivity contribution in [2.75, 3.05) is 0 Å². The maximum atomic E-state index is 5.53. The number of aromatic nitrogens is 3. The number of nitrogens with zero attached hydrogens (tertiary/aromatic N) is 3. The molecule has 2 aromatic rings. The molecule has 0 amide bonds. The second kappa shape index (κ2) is 4.23. The van der Waals surface area contributed by atoms with Crippen molar-refractivity contribution in [1.82, 2.24) is 14.8 Å². The summed E-state index contributed by atoms with van der Waals surface area (Å²) >= 11 is 0. The molecular formula is C11H14N4. The van der Waals surface area contributed by atoms with E-state index in [-0.39, 0.29) is 0 Å². The Kier molecular flexibility index (Phi) is 2.78. The van der Waals surface area contributed by atoms with Crippen molar-refractivity contribution >= 4 is 0 Å². The van der Waals surface area contributed by atoms with E-state index < -0.39 is 0 Å². The van der Waals surface area contributed by atoms with Crippen LogP contribution in [-0.4, -0.2) is 14.8 Å². The topological polar surface area (TPSA) is 56.7 Å². The summed E-state index contributed by atoms with van der Waals surface area (Å²) in [6.07, 6.45) is 3.76. The minimum absolute atomic E-state index is 0.478. The lowest BCUT2D eigenvalue weighted by Gasteiger charge is -2.03. The Morgan fingerprint density at radius 1 is 1.40 bits per heavy atom. The molecule has 0 aliphatic rings. The van der Waals surface area contributed by atoms with Crippen LogP contribution in [0.25, 0.3) is 0 Å². The van der Waals surface area contributed by atoms with Gasteiger partial charge in [-0.05, 0) is 30.7 Å². The van der Waals surface area contributed by atoms with Crippen LogP contribution >= 0.6 is 0 Å². The summed E-state index contributed by atoms with van der Waals surface area (Å²) in [5, 5.41) is 4.33. The Balaban J connectivity index is 2.16. The van der Waals surface area contributed by atoms with Gasteiger partial charge in [0.25, 0.3) is 0 Å². The van der Waals surface area contributed by atoms with E-state index in [2.05, 4.69) is 10.1 Å². The van der Waals surface area contributed by atoms with Gasteiger partial charge in [-0.15, -0.1) is 0 Å². The van der Waals surface area contributed by atoms with Crippen molar-refractivity contribution in [3.05, 3.63) is 47.5 Å². The fraction of sp³-hybridized carbons (Fsp3) is 0.273. The first-order valence-corrected chi connectivity index (χ1v) is 4.92. The zero-order valence-electron chi connectivity index (χ0n) is 8.72. The van der Waals surface area contributed by atoms with Gasteiger partial charge in [0.2, 0.25) is 0 Å². The van der Waals surface area contributed by atoms with Crippen LogP contribution in [0.5, 0.6) is 0 Å². The van der Waals surface area contributed by atoms with Crippen LogP contribution in [-0.2, 0) is 13.1 Å². The Morgan fingerprint density at radius 2 is 2.27 bits per heavy atom. The van der Waals surface area contributed by atoms with E-state index in [9.17, 15) is 0 Å². The summed E-state index contributed by atoms with van der Waals surface area (Å²) in [5.41, 5.74) is 8.65. The smallest absolute Gasteiger partial charge is 0.0660 e. The highest BCUT2D eigenvalue weighted by molar-refractivity contribution is 5.16. The number of hydrogen-bond acceptors (Lipinski definition) is 3. The summed E-state index contributed by atoms with van der Waals surface area (Å²) < 4.78 is 1.91. The Morgan fingerprint density at radius 3 is 2.93 bits per heavy atom.